The summed E-state index contributed by atoms with van der Waals surface area (Å²) in [5, 5.41) is 3.33. The van der Waals surface area contributed by atoms with E-state index in [1.165, 1.54) is 0 Å². The van der Waals surface area contributed by atoms with Crippen molar-refractivity contribution in [1.29, 1.82) is 0 Å². The zero-order valence-corrected chi connectivity index (χ0v) is 16.6. The standard InChI is InChI=1S/C25H23N3O2/c1-4-10-20(11-5-1)17-26-23-16-24(29-18-21-12-6-2-7-13-21)28-25(27-23)30-19-22-14-8-3-9-15-22/h1-16H,17-19H2,(H,26,27,28). The summed E-state index contributed by atoms with van der Waals surface area (Å²) in [4.78, 5) is 8.92. The van der Waals surface area contributed by atoms with E-state index in [1.54, 1.807) is 6.07 Å². The van der Waals surface area contributed by atoms with E-state index in [-0.39, 0.29) is 6.01 Å². The summed E-state index contributed by atoms with van der Waals surface area (Å²) in [7, 11) is 0. The molecule has 1 N–H and O–H groups in total. The van der Waals surface area contributed by atoms with Crippen LogP contribution in [-0.4, -0.2) is 9.97 Å². The minimum atomic E-state index is 0.278. The first-order valence-corrected chi connectivity index (χ1v) is 9.85. The van der Waals surface area contributed by atoms with Crippen molar-refractivity contribution in [2.24, 2.45) is 0 Å². The molecule has 0 amide bonds. The first-order valence-electron chi connectivity index (χ1n) is 9.85. The largest absolute Gasteiger partial charge is 0.473 e. The number of aromatic nitrogens is 2. The van der Waals surface area contributed by atoms with Crippen LogP contribution in [0.5, 0.6) is 11.9 Å². The van der Waals surface area contributed by atoms with Gasteiger partial charge in [0.2, 0.25) is 5.88 Å². The quantitative estimate of drug-likeness (QED) is 0.418. The molecule has 1 aromatic heterocycles. The lowest BCUT2D eigenvalue weighted by atomic mass is 10.2. The van der Waals surface area contributed by atoms with Crippen LogP contribution in [0.15, 0.2) is 97.1 Å². The maximum absolute atomic E-state index is 5.91. The van der Waals surface area contributed by atoms with Gasteiger partial charge in [-0.05, 0) is 16.7 Å². The Morgan fingerprint density at radius 3 is 1.73 bits per heavy atom. The number of hydrogen-bond donors (Lipinski definition) is 1. The fourth-order valence-corrected chi connectivity index (χ4v) is 2.87. The van der Waals surface area contributed by atoms with Gasteiger partial charge in [-0.2, -0.15) is 9.97 Å². The molecule has 0 aliphatic carbocycles. The SMILES string of the molecule is c1ccc(CNc2cc(OCc3ccccc3)nc(OCc3ccccc3)n2)cc1. The molecule has 0 saturated heterocycles. The number of hydrogen-bond acceptors (Lipinski definition) is 5. The minimum Gasteiger partial charge on any atom is -0.473 e. The Morgan fingerprint density at radius 2 is 1.13 bits per heavy atom. The van der Waals surface area contributed by atoms with Gasteiger partial charge in [-0.25, -0.2) is 0 Å². The van der Waals surface area contributed by atoms with Crippen LogP contribution >= 0.6 is 0 Å². The highest BCUT2D eigenvalue weighted by atomic mass is 16.5. The van der Waals surface area contributed by atoms with Crippen LogP contribution < -0.4 is 14.8 Å². The Bertz CT molecular complexity index is 893. The predicted molar refractivity (Wildman–Crippen MR) is 117 cm³/mol. The summed E-state index contributed by atoms with van der Waals surface area (Å²) in [5.41, 5.74) is 3.28. The molecule has 0 unspecified atom stereocenters. The Balaban J connectivity index is 1.48. The average Bonchev–Trinajstić information content (AvgIpc) is 2.82. The molecule has 0 aliphatic heterocycles. The highest BCUT2D eigenvalue weighted by Gasteiger charge is 2.08. The second-order valence-electron chi connectivity index (χ2n) is 6.76. The molecule has 1 heterocycles. The summed E-state index contributed by atoms with van der Waals surface area (Å²) >= 11 is 0. The van der Waals surface area contributed by atoms with Crippen LogP contribution in [0.3, 0.4) is 0 Å². The number of benzene rings is 3. The Morgan fingerprint density at radius 1 is 0.600 bits per heavy atom. The van der Waals surface area contributed by atoms with E-state index in [9.17, 15) is 0 Å². The van der Waals surface area contributed by atoms with Crippen molar-refractivity contribution in [2.45, 2.75) is 19.8 Å². The molecule has 0 saturated carbocycles. The Kier molecular flexibility index (Phi) is 6.53. The fourth-order valence-electron chi connectivity index (χ4n) is 2.87. The number of rotatable bonds is 9. The predicted octanol–water partition coefficient (Wildman–Crippen LogP) is 5.25. The maximum Gasteiger partial charge on any atom is 0.322 e. The van der Waals surface area contributed by atoms with Gasteiger partial charge >= 0.3 is 6.01 Å². The molecule has 4 rings (SSSR count). The van der Waals surface area contributed by atoms with Crippen LogP contribution in [0.25, 0.3) is 0 Å². The van der Waals surface area contributed by atoms with Crippen LogP contribution in [-0.2, 0) is 19.8 Å². The first-order chi connectivity index (χ1) is 14.8. The smallest absolute Gasteiger partial charge is 0.322 e. The zero-order chi connectivity index (χ0) is 20.4. The minimum absolute atomic E-state index is 0.278. The summed E-state index contributed by atoms with van der Waals surface area (Å²) in [5.74, 6) is 1.12. The summed E-state index contributed by atoms with van der Waals surface area (Å²) in [6, 6.07) is 32.2. The van der Waals surface area contributed by atoms with Crippen molar-refractivity contribution in [2.75, 3.05) is 5.32 Å². The average molecular weight is 397 g/mol. The molecule has 0 fully saturated rings. The second kappa shape index (κ2) is 10.1. The molecule has 150 valence electrons. The molecule has 0 spiro atoms. The van der Waals surface area contributed by atoms with Gasteiger partial charge in [0.15, 0.2) is 0 Å². The highest BCUT2D eigenvalue weighted by Crippen LogP contribution is 2.20. The number of nitrogens with one attached hydrogen (secondary N) is 1. The molecule has 3 aromatic carbocycles. The monoisotopic (exact) mass is 397 g/mol. The van der Waals surface area contributed by atoms with Gasteiger partial charge in [0.05, 0.1) is 0 Å². The van der Waals surface area contributed by atoms with Crippen molar-refractivity contribution >= 4 is 5.82 Å². The topological polar surface area (TPSA) is 56.3 Å². The van der Waals surface area contributed by atoms with Crippen molar-refractivity contribution in [1.82, 2.24) is 9.97 Å². The first kappa shape index (κ1) is 19.5. The van der Waals surface area contributed by atoms with E-state index in [0.717, 1.165) is 16.7 Å². The van der Waals surface area contributed by atoms with Gasteiger partial charge in [0, 0.05) is 12.6 Å². The van der Waals surface area contributed by atoms with E-state index in [1.807, 2.05) is 78.9 Å². The maximum atomic E-state index is 5.91. The lowest BCUT2D eigenvalue weighted by molar-refractivity contribution is 0.259. The number of ether oxygens (including phenoxy) is 2. The molecule has 0 atom stereocenters. The van der Waals surface area contributed by atoms with Gasteiger partial charge in [0.25, 0.3) is 0 Å². The van der Waals surface area contributed by atoms with Crippen molar-refractivity contribution in [3.63, 3.8) is 0 Å². The van der Waals surface area contributed by atoms with E-state index in [2.05, 4.69) is 27.4 Å². The van der Waals surface area contributed by atoms with Gasteiger partial charge in [0.1, 0.15) is 19.0 Å². The van der Waals surface area contributed by atoms with Crippen LogP contribution in [0.4, 0.5) is 5.82 Å². The zero-order valence-electron chi connectivity index (χ0n) is 16.6. The summed E-state index contributed by atoms with van der Waals surface area (Å²) < 4.78 is 11.7. The third-order valence-electron chi connectivity index (χ3n) is 4.44. The third-order valence-corrected chi connectivity index (χ3v) is 4.44. The normalized spacial score (nSPS) is 10.4. The molecule has 30 heavy (non-hydrogen) atoms. The van der Waals surface area contributed by atoms with E-state index >= 15 is 0 Å². The van der Waals surface area contributed by atoms with Gasteiger partial charge < -0.3 is 14.8 Å². The second-order valence-corrected chi connectivity index (χ2v) is 6.76. The molecular weight excluding hydrogens is 374 g/mol. The third kappa shape index (κ3) is 5.82. The number of nitrogens with zero attached hydrogens (tertiary/aromatic N) is 2. The number of anilines is 1. The Labute approximate surface area is 176 Å². The molecule has 5 nitrogen and oxygen atoms in total. The Hall–Kier alpha value is -3.86. The molecule has 5 heteroatoms. The molecule has 0 radical (unpaired) electrons. The van der Waals surface area contributed by atoms with Crippen LogP contribution in [0.2, 0.25) is 0 Å². The van der Waals surface area contributed by atoms with Gasteiger partial charge in [-0.1, -0.05) is 91.0 Å². The van der Waals surface area contributed by atoms with Gasteiger partial charge in [-0.3, -0.25) is 0 Å². The van der Waals surface area contributed by atoms with E-state index in [0.29, 0.717) is 31.5 Å². The lowest BCUT2D eigenvalue weighted by Gasteiger charge is -2.12. The van der Waals surface area contributed by atoms with Crippen molar-refractivity contribution in [3.05, 3.63) is 114 Å². The van der Waals surface area contributed by atoms with Crippen molar-refractivity contribution < 1.29 is 9.47 Å². The van der Waals surface area contributed by atoms with E-state index in [4.69, 9.17) is 9.47 Å². The van der Waals surface area contributed by atoms with Crippen LogP contribution in [0.1, 0.15) is 16.7 Å². The van der Waals surface area contributed by atoms with Gasteiger partial charge in [-0.15, -0.1) is 0 Å². The summed E-state index contributed by atoms with van der Waals surface area (Å²) in [6.07, 6.45) is 0. The molecule has 0 bridgehead atoms. The molecule has 0 aliphatic rings. The van der Waals surface area contributed by atoms with Crippen LogP contribution in [0, 0.1) is 0 Å². The fraction of sp³-hybridized carbons (Fsp3) is 0.120. The highest BCUT2D eigenvalue weighted by molar-refractivity contribution is 5.40. The van der Waals surface area contributed by atoms with Crippen molar-refractivity contribution in [3.8, 4) is 11.9 Å². The lowest BCUT2D eigenvalue weighted by Crippen LogP contribution is -2.07. The molecule has 4 aromatic rings. The van der Waals surface area contributed by atoms with E-state index < -0.39 is 0 Å². The molecular formula is C25H23N3O2. The summed E-state index contributed by atoms with van der Waals surface area (Å²) in [6.45, 7) is 1.46.